The van der Waals surface area contributed by atoms with E-state index in [1.54, 1.807) is 31.1 Å². The molecule has 1 unspecified atom stereocenters. The Kier molecular flexibility index (Phi) is 7.01. The van der Waals surface area contributed by atoms with Gasteiger partial charge in [-0.05, 0) is 48.4 Å². The molecule has 12 heteroatoms. The number of rotatable bonds is 6. The van der Waals surface area contributed by atoms with E-state index in [1.807, 2.05) is 6.92 Å². The van der Waals surface area contributed by atoms with Crippen LogP contribution in [0.4, 0.5) is 13.2 Å². The van der Waals surface area contributed by atoms with Crippen LogP contribution in [-0.4, -0.2) is 66.6 Å². The molecule has 1 aromatic carbocycles. The molecule has 3 aromatic rings. The fraction of sp³-hybridized carbons (Fsp3) is 0.435. The van der Waals surface area contributed by atoms with Crippen molar-refractivity contribution in [2.24, 2.45) is 0 Å². The van der Waals surface area contributed by atoms with Gasteiger partial charge in [-0.3, -0.25) is 9.69 Å². The highest BCUT2D eigenvalue weighted by atomic mass is 19.4. The molecule has 1 aliphatic heterocycles. The third kappa shape index (κ3) is 6.13. The van der Waals surface area contributed by atoms with Crippen LogP contribution in [0.3, 0.4) is 0 Å². The van der Waals surface area contributed by atoms with Gasteiger partial charge in [-0.1, -0.05) is 6.07 Å². The normalized spacial score (nSPS) is 17.4. The maximum atomic E-state index is 13.3. The first-order valence-electron chi connectivity index (χ1n) is 11.1. The van der Waals surface area contributed by atoms with Crippen molar-refractivity contribution in [3.8, 4) is 0 Å². The van der Waals surface area contributed by atoms with E-state index >= 15 is 0 Å². The summed E-state index contributed by atoms with van der Waals surface area (Å²) < 4.78 is 45.1. The molecule has 3 heterocycles. The molecule has 186 valence electrons. The highest BCUT2D eigenvalue weighted by Gasteiger charge is 2.31. The van der Waals surface area contributed by atoms with Gasteiger partial charge in [0.15, 0.2) is 11.7 Å². The number of aryl methyl sites for hydroxylation is 2. The minimum absolute atomic E-state index is 0.00474. The summed E-state index contributed by atoms with van der Waals surface area (Å²) in [4.78, 5) is 22.4. The van der Waals surface area contributed by atoms with Crippen molar-refractivity contribution in [1.29, 1.82) is 0 Å². The summed E-state index contributed by atoms with van der Waals surface area (Å²) in [7, 11) is 0. The summed E-state index contributed by atoms with van der Waals surface area (Å²) in [6, 6.07) is 3.37. The van der Waals surface area contributed by atoms with Gasteiger partial charge in [0.2, 0.25) is 5.91 Å². The number of tetrazole rings is 1. The Morgan fingerprint density at radius 3 is 2.66 bits per heavy atom. The van der Waals surface area contributed by atoms with Crippen LogP contribution in [0.25, 0.3) is 6.08 Å². The van der Waals surface area contributed by atoms with Gasteiger partial charge < -0.3 is 9.32 Å². The number of benzene rings is 1. The molecule has 0 saturated carbocycles. The summed E-state index contributed by atoms with van der Waals surface area (Å²) >= 11 is 0. The van der Waals surface area contributed by atoms with E-state index in [0.717, 1.165) is 17.8 Å². The number of halogens is 3. The second kappa shape index (κ2) is 9.98. The number of alkyl halides is 3. The zero-order valence-electron chi connectivity index (χ0n) is 19.7. The van der Waals surface area contributed by atoms with Crippen molar-refractivity contribution < 1.29 is 22.4 Å². The fourth-order valence-electron chi connectivity index (χ4n) is 4.10. The maximum Gasteiger partial charge on any atom is 0.416 e. The van der Waals surface area contributed by atoms with Gasteiger partial charge in [0.05, 0.1) is 17.8 Å². The molecule has 0 bridgehead atoms. The lowest BCUT2D eigenvalue weighted by Crippen LogP contribution is -2.53. The highest BCUT2D eigenvalue weighted by molar-refractivity contribution is 5.92. The van der Waals surface area contributed by atoms with Gasteiger partial charge in [-0.25, -0.2) is 4.98 Å². The Labute approximate surface area is 200 Å². The molecule has 0 spiro atoms. The summed E-state index contributed by atoms with van der Waals surface area (Å²) in [5.74, 6) is 0.829. The topological polar surface area (TPSA) is 93.2 Å². The van der Waals surface area contributed by atoms with Crippen molar-refractivity contribution >= 4 is 12.0 Å². The van der Waals surface area contributed by atoms with Gasteiger partial charge in [0.25, 0.3) is 0 Å². The number of carbonyl (C=O) groups excluding carboxylic acids is 1. The molecular weight excluding hydrogens is 463 g/mol. The summed E-state index contributed by atoms with van der Waals surface area (Å²) in [6.45, 7) is 7.92. The summed E-state index contributed by atoms with van der Waals surface area (Å²) in [6.07, 6.45) is 0.0918. The van der Waals surface area contributed by atoms with Crippen LogP contribution in [0.2, 0.25) is 0 Å². The second-order valence-electron chi connectivity index (χ2n) is 8.59. The van der Waals surface area contributed by atoms with Crippen LogP contribution in [0.15, 0.2) is 35.0 Å². The zero-order chi connectivity index (χ0) is 25.2. The third-order valence-corrected chi connectivity index (χ3v) is 5.79. The van der Waals surface area contributed by atoms with Gasteiger partial charge in [-0.2, -0.15) is 18.0 Å². The molecule has 0 N–H and O–H groups in total. The molecule has 9 nitrogen and oxygen atoms in total. The minimum atomic E-state index is -4.49. The fourth-order valence-corrected chi connectivity index (χ4v) is 4.10. The van der Waals surface area contributed by atoms with Crippen molar-refractivity contribution in [1.82, 2.24) is 35.0 Å². The highest BCUT2D eigenvalue weighted by Crippen LogP contribution is 2.31. The zero-order valence-corrected chi connectivity index (χ0v) is 19.7. The van der Waals surface area contributed by atoms with E-state index in [9.17, 15) is 18.0 Å². The van der Waals surface area contributed by atoms with Gasteiger partial charge in [-0.15, -0.1) is 10.2 Å². The number of hydrogen-bond donors (Lipinski definition) is 0. The maximum absolute atomic E-state index is 13.3. The third-order valence-electron chi connectivity index (χ3n) is 5.79. The molecule has 35 heavy (non-hydrogen) atoms. The Morgan fingerprint density at radius 2 is 2.03 bits per heavy atom. The number of amides is 1. The number of nitrogens with zero attached hydrogens (tertiary/aromatic N) is 7. The largest absolute Gasteiger partial charge is 0.449 e. The molecular formula is C23H26F3N7O2. The average molecular weight is 490 g/mol. The standard InChI is InChI=1S/C23H26F3N7O2/c1-15-11-31(13-21-14-35-17(3)27-21)8-9-32(15)22(34)7-5-18-4-6-20(23(24,25)26)10-19(18)12-33-29-16(2)28-30-33/h4-7,10,14-15H,8-9,11-13H2,1-3H3/b7-5+. The Bertz CT molecular complexity index is 1220. The van der Waals surface area contributed by atoms with Crippen LogP contribution in [0.1, 0.15) is 41.0 Å². The van der Waals surface area contributed by atoms with E-state index in [4.69, 9.17) is 4.42 Å². The molecule has 1 atom stereocenters. The van der Waals surface area contributed by atoms with Crippen LogP contribution in [-0.2, 0) is 24.1 Å². The molecule has 2 aromatic heterocycles. The second-order valence-corrected chi connectivity index (χ2v) is 8.59. The quantitative estimate of drug-likeness (QED) is 0.491. The van der Waals surface area contributed by atoms with E-state index in [2.05, 4.69) is 25.3 Å². The van der Waals surface area contributed by atoms with E-state index in [1.165, 1.54) is 16.9 Å². The predicted molar refractivity (Wildman–Crippen MR) is 120 cm³/mol. The minimum Gasteiger partial charge on any atom is -0.449 e. The van der Waals surface area contributed by atoms with Gasteiger partial charge >= 0.3 is 6.18 Å². The predicted octanol–water partition coefficient (Wildman–Crippen LogP) is 3.09. The van der Waals surface area contributed by atoms with E-state index < -0.39 is 11.7 Å². The number of hydrogen-bond acceptors (Lipinski definition) is 7. The number of aromatic nitrogens is 5. The van der Waals surface area contributed by atoms with Gasteiger partial charge in [0.1, 0.15) is 6.26 Å². The first-order chi connectivity index (χ1) is 16.6. The molecule has 4 rings (SSSR count). The Hall–Kier alpha value is -3.54. The first kappa shape index (κ1) is 24.6. The van der Waals surface area contributed by atoms with Crippen LogP contribution in [0.5, 0.6) is 0 Å². The molecule has 1 amide bonds. The Morgan fingerprint density at radius 1 is 1.23 bits per heavy atom. The van der Waals surface area contributed by atoms with Gasteiger partial charge in [0, 0.05) is 45.2 Å². The lowest BCUT2D eigenvalue weighted by atomic mass is 10.0. The Balaban J connectivity index is 1.46. The lowest BCUT2D eigenvalue weighted by molar-refractivity contribution is -0.137. The number of piperazine rings is 1. The van der Waals surface area contributed by atoms with Crippen molar-refractivity contribution in [2.75, 3.05) is 19.6 Å². The first-order valence-corrected chi connectivity index (χ1v) is 11.1. The molecule has 1 saturated heterocycles. The van der Waals surface area contributed by atoms with Crippen LogP contribution >= 0.6 is 0 Å². The van der Waals surface area contributed by atoms with E-state index in [0.29, 0.717) is 49.0 Å². The molecule has 1 aliphatic rings. The number of carbonyl (C=O) groups is 1. The monoisotopic (exact) mass is 489 g/mol. The van der Waals surface area contributed by atoms with Crippen LogP contribution < -0.4 is 0 Å². The lowest BCUT2D eigenvalue weighted by Gasteiger charge is -2.39. The smallest absolute Gasteiger partial charge is 0.416 e. The van der Waals surface area contributed by atoms with Crippen LogP contribution in [0, 0.1) is 13.8 Å². The molecule has 1 fully saturated rings. The van der Waals surface area contributed by atoms with Crippen molar-refractivity contribution in [3.05, 3.63) is 64.6 Å². The summed E-state index contributed by atoms with van der Waals surface area (Å²) in [5, 5.41) is 11.7. The van der Waals surface area contributed by atoms with Crippen molar-refractivity contribution in [2.45, 2.75) is 46.1 Å². The molecule has 0 aliphatic carbocycles. The average Bonchev–Trinajstić information content (AvgIpc) is 3.39. The summed E-state index contributed by atoms with van der Waals surface area (Å²) in [5.41, 5.74) is 0.886. The SMILES string of the molecule is Cc1nnn(Cc2cc(C(F)(F)F)ccc2/C=C/C(=O)N2CCN(Cc3coc(C)n3)CC2C)n1. The van der Waals surface area contributed by atoms with Crippen molar-refractivity contribution in [3.63, 3.8) is 0 Å². The number of oxazole rings is 1. The molecule has 0 radical (unpaired) electrons. The van der Waals surface area contributed by atoms with E-state index in [-0.39, 0.29) is 18.5 Å².